The fourth-order valence-electron chi connectivity index (χ4n) is 9.39. The highest BCUT2D eigenvalue weighted by Crippen LogP contribution is 2.42. The number of hydrogen-bond donors (Lipinski definition) is 2. The molecule has 0 radical (unpaired) electrons. The van der Waals surface area contributed by atoms with E-state index in [2.05, 4.69) is 22.2 Å². The van der Waals surface area contributed by atoms with Crippen LogP contribution in [0.2, 0.25) is 0 Å². The molecule has 3 aliphatic rings. The minimum Gasteiger partial charge on any atom is -0.496 e. The number of amides is 6. The molecule has 1 aliphatic carbocycles. The smallest absolute Gasteiger partial charge is 0.257 e. The number of carbonyl (C=O) groups excluding carboxylic acids is 6. The van der Waals surface area contributed by atoms with Crippen LogP contribution < -0.4 is 20.1 Å². The minimum atomic E-state index is -0.338. The number of methoxy groups -OCH3 is 2. The van der Waals surface area contributed by atoms with E-state index in [1.807, 2.05) is 76.2 Å². The van der Waals surface area contributed by atoms with E-state index in [-0.39, 0.29) is 60.5 Å². The van der Waals surface area contributed by atoms with Gasteiger partial charge in [0.1, 0.15) is 11.5 Å². The summed E-state index contributed by atoms with van der Waals surface area (Å²) in [5.41, 5.74) is 4.41. The summed E-state index contributed by atoms with van der Waals surface area (Å²) in [6.07, 6.45) is 10.0. The highest BCUT2D eigenvalue weighted by Gasteiger charge is 2.32. The highest BCUT2D eigenvalue weighted by molar-refractivity contribution is 8.01. The Morgan fingerprint density at radius 2 is 1.42 bits per heavy atom. The van der Waals surface area contributed by atoms with Gasteiger partial charge in [0.05, 0.1) is 45.7 Å². The third kappa shape index (κ3) is 13.3. The molecule has 8 rings (SSSR count). The van der Waals surface area contributed by atoms with Crippen LogP contribution in [0.25, 0.3) is 6.08 Å². The van der Waals surface area contributed by atoms with Crippen molar-refractivity contribution in [3.63, 3.8) is 0 Å². The number of aryl methyl sites for hydroxylation is 2. The van der Waals surface area contributed by atoms with Crippen molar-refractivity contribution in [2.75, 3.05) is 84.8 Å². The molecule has 3 aromatic carbocycles. The first-order valence-electron chi connectivity index (χ1n) is 25.1. The molecule has 2 N–H and O–H groups in total. The van der Waals surface area contributed by atoms with Crippen LogP contribution in [0.3, 0.4) is 0 Å². The Balaban J connectivity index is 0.976. The molecule has 0 bridgehead atoms. The van der Waals surface area contributed by atoms with E-state index in [4.69, 9.17) is 14.5 Å². The van der Waals surface area contributed by atoms with Gasteiger partial charge in [-0.25, -0.2) is 9.97 Å². The molecule has 2 aliphatic heterocycles. The molecule has 0 unspecified atom stereocenters. The number of nitrogens with one attached hydrogen (secondary N) is 2. The lowest BCUT2D eigenvalue weighted by molar-refractivity contribution is -0.130. The van der Waals surface area contributed by atoms with Gasteiger partial charge in [-0.15, -0.1) is 0 Å². The lowest BCUT2D eigenvalue weighted by Crippen LogP contribution is -2.55. The summed E-state index contributed by atoms with van der Waals surface area (Å²) in [5, 5.41) is 6.81. The molecule has 17 nitrogen and oxygen atoms in total. The molecule has 5 aromatic rings. The number of piperazine rings is 2. The average molecular weight is 1110 g/mol. The fourth-order valence-corrected chi connectivity index (χ4v) is 13.5. The van der Waals surface area contributed by atoms with Crippen molar-refractivity contribution >= 4 is 98.0 Å². The Bertz CT molecular complexity index is 3050. The highest BCUT2D eigenvalue weighted by atomic mass is 32.2. The molecule has 4 heterocycles. The van der Waals surface area contributed by atoms with Crippen LogP contribution in [-0.4, -0.2) is 150 Å². The van der Waals surface area contributed by atoms with Gasteiger partial charge in [0.15, 0.2) is 10.3 Å². The van der Waals surface area contributed by atoms with Crippen molar-refractivity contribution in [2.45, 2.75) is 77.3 Å². The van der Waals surface area contributed by atoms with Crippen LogP contribution in [0.5, 0.6) is 11.5 Å². The maximum atomic E-state index is 14.2. The molecule has 2 saturated heterocycles. The molecule has 76 heavy (non-hydrogen) atoms. The molecule has 21 heteroatoms. The second-order valence-electron chi connectivity index (χ2n) is 19.2. The van der Waals surface area contributed by atoms with Crippen molar-refractivity contribution in [1.82, 2.24) is 34.5 Å². The Labute approximate surface area is 460 Å². The molecular weight excluding hydrogens is 1040 g/mol. The summed E-state index contributed by atoms with van der Waals surface area (Å²) in [7, 11) is 6.98. The largest absolute Gasteiger partial charge is 0.496 e. The minimum absolute atomic E-state index is 0.0145. The lowest BCUT2D eigenvalue weighted by Gasteiger charge is -2.39. The summed E-state index contributed by atoms with van der Waals surface area (Å²) in [5.74, 6) is -0.329. The first-order valence-corrected chi connectivity index (χ1v) is 28.3. The van der Waals surface area contributed by atoms with Gasteiger partial charge in [0.25, 0.3) is 17.7 Å². The zero-order valence-electron chi connectivity index (χ0n) is 43.8. The Hall–Kier alpha value is -6.52. The summed E-state index contributed by atoms with van der Waals surface area (Å²) in [6.45, 7) is 12.3. The first-order chi connectivity index (χ1) is 36.5. The third-order valence-corrected chi connectivity index (χ3v) is 18.0. The van der Waals surface area contributed by atoms with E-state index in [0.29, 0.717) is 87.6 Å². The Morgan fingerprint density at radius 1 is 0.789 bits per heavy atom. The van der Waals surface area contributed by atoms with Crippen molar-refractivity contribution in [3.8, 4) is 11.5 Å². The van der Waals surface area contributed by atoms with Gasteiger partial charge in [-0.2, -0.15) is 0 Å². The second-order valence-corrected chi connectivity index (χ2v) is 23.8. The van der Waals surface area contributed by atoms with Crippen LogP contribution in [-0.2, 0) is 20.9 Å². The van der Waals surface area contributed by atoms with Gasteiger partial charge in [0, 0.05) is 85.7 Å². The maximum Gasteiger partial charge on any atom is 0.257 e. The molecule has 2 aromatic heterocycles. The number of hydrogen-bond acceptors (Lipinski definition) is 15. The molecule has 400 valence electrons. The van der Waals surface area contributed by atoms with Crippen molar-refractivity contribution < 1.29 is 38.2 Å². The number of rotatable bonds is 17. The normalized spacial score (nSPS) is 16.1. The third-order valence-electron chi connectivity index (χ3n) is 13.5. The van der Waals surface area contributed by atoms with E-state index in [1.54, 1.807) is 44.0 Å². The van der Waals surface area contributed by atoms with E-state index < -0.39 is 0 Å². The van der Waals surface area contributed by atoms with E-state index in [9.17, 15) is 28.8 Å². The van der Waals surface area contributed by atoms with Crippen LogP contribution in [0, 0.1) is 19.8 Å². The number of nitrogens with zero attached hydrogens (tertiary/aromatic N) is 7. The quantitative estimate of drug-likeness (QED) is 0.0842. The standard InChI is InChI=1S/C55H63N9O8S4/c1-9-46(65)64-24-23-63(31-35(64)4)52(70)40-29-45(34(3)26-43(40)72-8)74-53-41(57-55(76-53)59-50(68)38-16-12-13-36(27-38)32-60(5)6)17-18-47(66)61-19-21-62(22-20-61)51(69)39-28-44(33(2)25-42(39)71-7)73-48-30-56-54(75-48)58-49(67)37-14-10-11-15-37/h9,12-13,16-18,25-30,35,37H,1,10-11,14-15,19-24,31-32H2,2-8H3,(H,56,58,67)(H,57,59,68)/t35-/m1/s1. The molecule has 3 fully saturated rings. The topological polar surface area (TPSA) is 187 Å². The summed E-state index contributed by atoms with van der Waals surface area (Å²) >= 11 is 5.48. The van der Waals surface area contributed by atoms with Gasteiger partial charge in [-0.05, 0) is 113 Å². The van der Waals surface area contributed by atoms with Crippen LogP contribution >= 0.6 is 46.2 Å². The fraction of sp³-hybridized carbons (Fsp3) is 0.382. The number of ether oxygens (including phenoxy) is 2. The molecule has 1 atom stereocenters. The maximum absolute atomic E-state index is 14.2. The molecule has 1 saturated carbocycles. The van der Waals surface area contributed by atoms with E-state index in [0.717, 1.165) is 56.4 Å². The van der Waals surface area contributed by atoms with Crippen molar-refractivity contribution in [2.24, 2.45) is 5.92 Å². The van der Waals surface area contributed by atoms with Crippen molar-refractivity contribution in [1.29, 1.82) is 0 Å². The lowest BCUT2D eigenvalue weighted by atomic mass is 10.1. The molecule has 6 amide bonds. The Kier molecular flexibility index (Phi) is 18.4. The number of carbonyl (C=O) groups is 6. The summed E-state index contributed by atoms with van der Waals surface area (Å²) < 4.78 is 13.0. The van der Waals surface area contributed by atoms with E-state index >= 15 is 0 Å². The van der Waals surface area contributed by atoms with Gasteiger partial charge >= 0.3 is 0 Å². The predicted octanol–water partition coefficient (Wildman–Crippen LogP) is 8.84. The zero-order chi connectivity index (χ0) is 54.2. The summed E-state index contributed by atoms with van der Waals surface area (Å²) in [6, 6.07) is 14.5. The first kappa shape index (κ1) is 55.7. The van der Waals surface area contributed by atoms with Gasteiger partial charge in [-0.3, -0.25) is 34.1 Å². The number of thiazole rings is 2. The summed E-state index contributed by atoms with van der Waals surface area (Å²) in [4.78, 5) is 101. The van der Waals surface area contributed by atoms with Crippen LogP contribution in [0.4, 0.5) is 10.3 Å². The van der Waals surface area contributed by atoms with Gasteiger partial charge in [0.2, 0.25) is 17.7 Å². The number of anilines is 2. The predicted molar refractivity (Wildman–Crippen MR) is 299 cm³/mol. The zero-order valence-corrected chi connectivity index (χ0v) is 47.1. The molecular formula is C55H63N9O8S4. The van der Waals surface area contributed by atoms with E-state index in [1.165, 1.54) is 72.6 Å². The molecule has 0 spiro atoms. The van der Waals surface area contributed by atoms with Gasteiger partial charge < -0.3 is 39.3 Å². The second kappa shape index (κ2) is 25.1. The van der Waals surface area contributed by atoms with Crippen molar-refractivity contribution in [3.05, 3.63) is 113 Å². The monoisotopic (exact) mass is 1110 g/mol. The number of benzene rings is 3. The average Bonchev–Trinajstić information content (AvgIpc) is 4.20. The Morgan fingerprint density at radius 3 is 2.05 bits per heavy atom. The van der Waals surface area contributed by atoms with Crippen LogP contribution in [0.1, 0.15) is 86.1 Å². The SMILES string of the molecule is C=CC(=O)N1CCN(C(=O)c2cc(Sc3sc(NC(=O)c4cccc(CN(C)C)c4)nc3C=CC(=O)N3CCN(C(=O)c4cc(Sc5cnc(NC(=O)C6CCCC6)s5)c(C)cc4OC)CC3)c(C)cc2OC)C[C@H]1C. The number of aromatic nitrogens is 2. The van der Waals surface area contributed by atoms with Gasteiger partial charge in [-0.1, -0.05) is 77.8 Å². The van der Waals surface area contributed by atoms with Crippen LogP contribution in [0.15, 0.2) is 91.7 Å².